The summed E-state index contributed by atoms with van der Waals surface area (Å²) < 4.78 is 7.28. The molecule has 0 radical (unpaired) electrons. The highest BCUT2D eigenvalue weighted by atomic mass is 16.5. The quantitative estimate of drug-likeness (QED) is 0.738. The first-order valence-electron chi connectivity index (χ1n) is 5.53. The van der Waals surface area contributed by atoms with Gasteiger partial charge < -0.3 is 10.1 Å². The summed E-state index contributed by atoms with van der Waals surface area (Å²) in [5.74, 6) is 0. The molecule has 0 aromatic carbocycles. The van der Waals surface area contributed by atoms with Gasteiger partial charge in [0.1, 0.15) is 0 Å². The Hall–Kier alpha value is -0.870. The summed E-state index contributed by atoms with van der Waals surface area (Å²) in [6.45, 7) is 8.74. The van der Waals surface area contributed by atoms with Crippen LogP contribution in [0.3, 0.4) is 0 Å². The molecular formula is C11H21N3O. The minimum absolute atomic E-state index is 0.385. The van der Waals surface area contributed by atoms with E-state index in [0.717, 1.165) is 19.8 Å². The summed E-state index contributed by atoms with van der Waals surface area (Å²) in [5, 5.41) is 7.64. The molecule has 86 valence electrons. The van der Waals surface area contributed by atoms with Crippen molar-refractivity contribution in [3.05, 3.63) is 18.5 Å². The number of ether oxygens (including phenoxy) is 1. The maximum atomic E-state index is 5.35. The Bertz CT molecular complexity index is 248. The average Bonchev–Trinajstić information content (AvgIpc) is 2.67. The SMILES string of the molecule is CCOCC(C)NC(C)Cn1cccn1. The number of hydrogen-bond donors (Lipinski definition) is 1. The maximum absolute atomic E-state index is 5.35. The minimum Gasteiger partial charge on any atom is -0.380 e. The number of nitrogens with one attached hydrogen (secondary N) is 1. The van der Waals surface area contributed by atoms with Crippen LogP contribution in [-0.2, 0) is 11.3 Å². The van der Waals surface area contributed by atoms with Gasteiger partial charge in [0.25, 0.3) is 0 Å². The fraction of sp³-hybridized carbons (Fsp3) is 0.727. The van der Waals surface area contributed by atoms with Gasteiger partial charge in [-0.15, -0.1) is 0 Å². The van der Waals surface area contributed by atoms with E-state index in [-0.39, 0.29) is 0 Å². The second kappa shape index (κ2) is 6.58. The lowest BCUT2D eigenvalue weighted by Crippen LogP contribution is -2.39. The molecular weight excluding hydrogens is 190 g/mol. The summed E-state index contributed by atoms with van der Waals surface area (Å²) in [4.78, 5) is 0. The Balaban J connectivity index is 2.20. The molecule has 2 unspecified atom stereocenters. The molecule has 4 nitrogen and oxygen atoms in total. The van der Waals surface area contributed by atoms with Crippen molar-refractivity contribution in [3.63, 3.8) is 0 Å². The lowest BCUT2D eigenvalue weighted by molar-refractivity contribution is 0.123. The maximum Gasteiger partial charge on any atom is 0.0616 e. The highest BCUT2D eigenvalue weighted by molar-refractivity contribution is 4.79. The summed E-state index contributed by atoms with van der Waals surface area (Å²) in [6, 6.07) is 2.73. The first-order chi connectivity index (χ1) is 7.22. The van der Waals surface area contributed by atoms with Crippen molar-refractivity contribution in [3.8, 4) is 0 Å². The predicted molar refractivity (Wildman–Crippen MR) is 60.8 cm³/mol. The zero-order valence-corrected chi connectivity index (χ0v) is 9.81. The second-order valence-electron chi connectivity index (χ2n) is 3.86. The van der Waals surface area contributed by atoms with Crippen LogP contribution >= 0.6 is 0 Å². The summed E-state index contributed by atoms with van der Waals surface area (Å²) in [7, 11) is 0. The van der Waals surface area contributed by atoms with Gasteiger partial charge in [0.2, 0.25) is 0 Å². The van der Waals surface area contributed by atoms with Crippen LogP contribution < -0.4 is 5.32 Å². The lowest BCUT2D eigenvalue weighted by Gasteiger charge is -2.19. The van der Waals surface area contributed by atoms with Crippen molar-refractivity contribution in [2.24, 2.45) is 0 Å². The molecule has 0 saturated carbocycles. The zero-order chi connectivity index (χ0) is 11.1. The van der Waals surface area contributed by atoms with E-state index in [1.54, 1.807) is 6.20 Å². The molecule has 0 aliphatic rings. The number of nitrogens with zero attached hydrogens (tertiary/aromatic N) is 2. The number of aromatic nitrogens is 2. The van der Waals surface area contributed by atoms with Crippen molar-refractivity contribution in [1.82, 2.24) is 15.1 Å². The van der Waals surface area contributed by atoms with E-state index in [4.69, 9.17) is 4.74 Å². The molecule has 0 saturated heterocycles. The average molecular weight is 211 g/mol. The first-order valence-corrected chi connectivity index (χ1v) is 5.53. The van der Waals surface area contributed by atoms with Crippen LogP contribution in [0.1, 0.15) is 20.8 Å². The molecule has 0 aliphatic heterocycles. The molecule has 1 aromatic rings. The molecule has 0 amide bonds. The van der Waals surface area contributed by atoms with E-state index in [1.807, 2.05) is 23.9 Å². The third kappa shape index (κ3) is 4.95. The van der Waals surface area contributed by atoms with Crippen molar-refractivity contribution < 1.29 is 4.74 Å². The molecule has 0 fully saturated rings. The van der Waals surface area contributed by atoms with Gasteiger partial charge in [0, 0.05) is 31.1 Å². The lowest BCUT2D eigenvalue weighted by atomic mass is 10.2. The molecule has 15 heavy (non-hydrogen) atoms. The highest BCUT2D eigenvalue weighted by Crippen LogP contribution is 1.93. The van der Waals surface area contributed by atoms with Crippen LogP contribution in [0.15, 0.2) is 18.5 Å². The van der Waals surface area contributed by atoms with E-state index >= 15 is 0 Å². The third-order valence-corrected chi connectivity index (χ3v) is 2.16. The topological polar surface area (TPSA) is 39.1 Å². The van der Waals surface area contributed by atoms with E-state index in [0.29, 0.717) is 12.1 Å². The van der Waals surface area contributed by atoms with Gasteiger partial charge in [-0.05, 0) is 26.8 Å². The van der Waals surface area contributed by atoms with Crippen LogP contribution in [0.2, 0.25) is 0 Å². The summed E-state index contributed by atoms with van der Waals surface area (Å²) in [6.07, 6.45) is 3.78. The molecule has 1 aromatic heterocycles. The van der Waals surface area contributed by atoms with Crippen molar-refractivity contribution in [1.29, 1.82) is 0 Å². The van der Waals surface area contributed by atoms with Gasteiger partial charge in [-0.1, -0.05) is 0 Å². The van der Waals surface area contributed by atoms with Crippen molar-refractivity contribution >= 4 is 0 Å². The molecule has 0 aliphatic carbocycles. The normalized spacial score (nSPS) is 15.1. The fourth-order valence-corrected chi connectivity index (χ4v) is 1.57. The molecule has 0 spiro atoms. The Morgan fingerprint density at radius 2 is 2.20 bits per heavy atom. The van der Waals surface area contributed by atoms with E-state index in [9.17, 15) is 0 Å². The van der Waals surface area contributed by atoms with Gasteiger partial charge in [-0.3, -0.25) is 4.68 Å². The van der Waals surface area contributed by atoms with Crippen molar-refractivity contribution in [2.45, 2.75) is 39.4 Å². The van der Waals surface area contributed by atoms with Crippen LogP contribution in [0.5, 0.6) is 0 Å². The van der Waals surface area contributed by atoms with Gasteiger partial charge in [-0.25, -0.2) is 0 Å². The molecule has 1 heterocycles. The Morgan fingerprint density at radius 1 is 1.40 bits per heavy atom. The van der Waals surface area contributed by atoms with Crippen LogP contribution in [0.4, 0.5) is 0 Å². The van der Waals surface area contributed by atoms with Crippen LogP contribution in [0, 0.1) is 0 Å². The largest absolute Gasteiger partial charge is 0.380 e. The fourth-order valence-electron chi connectivity index (χ4n) is 1.57. The predicted octanol–water partition coefficient (Wildman–Crippen LogP) is 1.29. The molecule has 2 atom stereocenters. The van der Waals surface area contributed by atoms with E-state index < -0.39 is 0 Å². The van der Waals surface area contributed by atoms with Crippen molar-refractivity contribution in [2.75, 3.05) is 13.2 Å². The minimum atomic E-state index is 0.385. The molecule has 0 bridgehead atoms. The Morgan fingerprint density at radius 3 is 2.80 bits per heavy atom. The Labute approximate surface area is 91.6 Å². The van der Waals surface area contributed by atoms with Gasteiger partial charge in [-0.2, -0.15) is 5.10 Å². The van der Waals surface area contributed by atoms with E-state index in [2.05, 4.69) is 24.3 Å². The van der Waals surface area contributed by atoms with Gasteiger partial charge >= 0.3 is 0 Å². The molecule has 1 rings (SSSR count). The van der Waals surface area contributed by atoms with Gasteiger partial charge in [0.15, 0.2) is 0 Å². The first kappa shape index (κ1) is 12.2. The third-order valence-electron chi connectivity index (χ3n) is 2.16. The molecule has 1 N–H and O–H groups in total. The van der Waals surface area contributed by atoms with Gasteiger partial charge in [0.05, 0.1) is 13.2 Å². The van der Waals surface area contributed by atoms with Crippen LogP contribution in [0.25, 0.3) is 0 Å². The standard InChI is InChI=1S/C11H21N3O/c1-4-15-9-11(3)13-10(2)8-14-7-5-6-12-14/h5-7,10-11,13H,4,8-9H2,1-3H3. The Kier molecular flexibility index (Phi) is 5.36. The molecule has 4 heteroatoms. The van der Waals surface area contributed by atoms with Crippen LogP contribution in [-0.4, -0.2) is 35.1 Å². The van der Waals surface area contributed by atoms with E-state index in [1.165, 1.54) is 0 Å². The smallest absolute Gasteiger partial charge is 0.0616 e. The second-order valence-corrected chi connectivity index (χ2v) is 3.86. The highest BCUT2D eigenvalue weighted by Gasteiger charge is 2.07. The number of rotatable bonds is 7. The monoisotopic (exact) mass is 211 g/mol. The summed E-state index contributed by atoms with van der Waals surface area (Å²) in [5.41, 5.74) is 0. The number of hydrogen-bond acceptors (Lipinski definition) is 3. The summed E-state index contributed by atoms with van der Waals surface area (Å²) >= 11 is 0. The zero-order valence-electron chi connectivity index (χ0n) is 9.81.